The van der Waals surface area contributed by atoms with Crippen molar-refractivity contribution in [3.8, 4) is 0 Å². The lowest BCUT2D eigenvalue weighted by Crippen LogP contribution is -2.49. The first kappa shape index (κ1) is 16.1. The molecule has 0 radical (unpaired) electrons. The van der Waals surface area contributed by atoms with Gasteiger partial charge in [0.25, 0.3) is 5.91 Å². The van der Waals surface area contributed by atoms with E-state index in [1.54, 1.807) is 14.0 Å². The van der Waals surface area contributed by atoms with Gasteiger partial charge in [0.05, 0.1) is 11.0 Å². The zero-order valence-corrected chi connectivity index (χ0v) is 14.3. The summed E-state index contributed by atoms with van der Waals surface area (Å²) in [6.45, 7) is 3.76. The molecular formula is C16H21N3O3S. The Morgan fingerprint density at radius 2 is 2.43 bits per heavy atom. The molecule has 1 amide bonds. The molecule has 23 heavy (non-hydrogen) atoms. The molecule has 1 atom stereocenters. The second kappa shape index (κ2) is 6.80. The Labute approximate surface area is 139 Å². The molecule has 2 aromatic rings. The first-order valence-corrected chi connectivity index (χ1v) is 8.70. The van der Waals surface area contributed by atoms with E-state index in [1.165, 1.54) is 11.3 Å². The lowest BCUT2D eigenvalue weighted by Gasteiger charge is -2.40. The summed E-state index contributed by atoms with van der Waals surface area (Å²) in [5.41, 5.74) is 0.458. The van der Waals surface area contributed by atoms with Crippen molar-refractivity contribution in [2.75, 3.05) is 26.8 Å². The predicted molar refractivity (Wildman–Crippen MR) is 86.7 cm³/mol. The van der Waals surface area contributed by atoms with E-state index in [9.17, 15) is 4.79 Å². The van der Waals surface area contributed by atoms with Gasteiger partial charge in [0.2, 0.25) is 5.89 Å². The Morgan fingerprint density at radius 1 is 1.57 bits per heavy atom. The van der Waals surface area contributed by atoms with Crippen molar-refractivity contribution in [2.45, 2.75) is 31.6 Å². The van der Waals surface area contributed by atoms with Crippen molar-refractivity contribution in [2.24, 2.45) is 0 Å². The van der Waals surface area contributed by atoms with Crippen molar-refractivity contribution >= 4 is 17.2 Å². The molecule has 0 spiro atoms. The van der Waals surface area contributed by atoms with Gasteiger partial charge in [-0.25, -0.2) is 0 Å². The number of carbonyl (C=O) groups is 1. The Bertz CT molecular complexity index is 655. The van der Waals surface area contributed by atoms with Crippen LogP contribution in [0.4, 0.5) is 0 Å². The van der Waals surface area contributed by atoms with Crippen molar-refractivity contribution in [3.63, 3.8) is 0 Å². The molecule has 1 unspecified atom stereocenters. The van der Waals surface area contributed by atoms with Gasteiger partial charge in [-0.3, -0.25) is 4.79 Å². The molecule has 7 heteroatoms. The van der Waals surface area contributed by atoms with E-state index in [-0.39, 0.29) is 11.3 Å². The molecule has 0 saturated carbocycles. The third-order valence-electron chi connectivity index (χ3n) is 4.42. The molecular weight excluding hydrogens is 314 g/mol. The maximum absolute atomic E-state index is 12.7. The first-order chi connectivity index (χ1) is 11.1. The highest BCUT2D eigenvalue weighted by atomic mass is 32.1. The van der Waals surface area contributed by atoms with Gasteiger partial charge in [0.1, 0.15) is 0 Å². The number of carbonyl (C=O) groups excluding carboxylic acids is 1. The molecule has 3 heterocycles. The van der Waals surface area contributed by atoms with E-state index in [2.05, 4.69) is 10.1 Å². The van der Waals surface area contributed by atoms with Crippen LogP contribution >= 0.6 is 11.3 Å². The highest BCUT2D eigenvalue weighted by molar-refractivity contribution is 7.08. The summed E-state index contributed by atoms with van der Waals surface area (Å²) in [5.74, 6) is 1.32. The minimum Gasteiger partial charge on any atom is -0.385 e. The number of hydrogen-bond acceptors (Lipinski definition) is 6. The van der Waals surface area contributed by atoms with Gasteiger partial charge >= 0.3 is 0 Å². The molecule has 1 aliphatic rings. The number of aryl methyl sites for hydroxylation is 1. The SMILES string of the molecule is COCCC1(c2noc(C)n2)CCCN(C(=O)c2ccsc2)C1. The number of aromatic nitrogens is 2. The molecule has 124 valence electrons. The van der Waals surface area contributed by atoms with Crippen LogP contribution in [-0.2, 0) is 10.2 Å². The summed E-state index contributed by atoms with van der Waals surface area (Å²) in [5, 5.41) is 7.97. The maximum atomic E-state index is 12.7. The fourth-order valence-corrected chi connectivity index (χ4v) is 3.81. The Kier molecular flexibility index (Phi) is 4.77. The minimum absolute atomic E-state index is 0.0768. The van der Waals surface area contributed by atoms with E-state index in [1.807, 2.05) is 21.7 Å². The molecule has 0 aliphatic carbocycles. The maximum Gasteiger partial charge on any atom is 0.254 e. The summed E-state index contributed by atoms with van der Waals surface area (Å²) >= 11 is 1.54. The first-order valence-electron chi connectivity index (χ1n) is 7.76. The summed E-state index contributed by atoms with van der Waals surface area (Å²) in [6, 6.07) is 1.87. The Morgan fingerprint density at radius 3 is 3.09 bits per heavy atom. The van der Waals surface area contributed by atoms with Crippen molar-refractivity contribution < 1.29 is 14.1 Å². The number of thiophene rings is 1. The van der Waals surface area contributed by atoms with E-state index in [0.717, 1.165) is 31.4 Å². The number of likely N-dealkylation sites (tertiary alicyclic amines) is 1. The van der Waals surface area contributed by atoms with Crippen LogP contribution in [0.5, 0.6) is 0 Å². The van der Waals surface area contributed by atoms with Crippen LogP contribution < -0.4 is 0 Å². The number of rotatable bonds is 5. The Balaban J connectivity index is 1.85. The number of hydrogen-bond donors (Lipinski definition) is 0. The molecule has 3 rings (SSSR count). The predicted octanol–water partition coefficient (Wildman–Crippen LogP) is 2.65. The van der Waals surface area contributed by atoms with Gasteiger partial charge < -0.3 is 14.2 Å². The monoisotopic (exact) mass is 335 g/mol. The van der Waals surface area contributed by atoms with Crippen molar-refractivity contribution in [1.82, 2.24) is 15.0 Å². The van der Waals surface area contributed by atoms with E-state index < -0.39 is 0 Å². The molecule has 0 N–H and O–H groups in total. The number of methoxy groups -OCH3 is 1. The van der Waals surface area contributed by atoms with Gasteiger partial charge in [-0.05, 0) is 30.7 Å². The summed E-state index contributed by atoms with van der Waals surface area (Å²) in [6.07, 6.45) is 2.63. The summed E-state index contributed by atoms with van der Waals surface area (Å²) in [7, 11) is 1.69. The topological polar surface area (TPSA) is 68.5 Å². The van der Waals surface area contributed by atoms with Gasteiger partial charge in [0, 0.05) is 39.1 Å². The standard InChI is InChI=1S/C16H21N3O3S/c1-12-17-15(18-22-12)16(6-8-21-2)5-3-7-19(11-16)14(20)13-4-9-23-10-13/h4,9-10H,3,5-8,11H2,1-2H3. The largest absolute Gasteiger partial charge is 0.385 e. The highest BCUT2D eigenvalue weighted by Crippen LogP contribution is 2.36. The van der Waals surface area contributed by atoms with E-state index in [0.29, 0.717) is 24.9 Å². The van der Waals surface area contributed by atoms with Crippen LogP contribution in [0.2, 0.25) is 0 Å². The van der Waals surface area contributed by atoms with Gasteiger partial charge in [-0.2, -0.15) is 16.3 Å². The minimum atomic E-state index is -0.294. The van der Waals surface area contributed by atoms with Crippen LogP contribution in [0.25, 0.3) is 0 Å². The Hall–Kier alpha value is -1.73. The highest BCUT2D eigenvalue weighted by Gasteiger charge is 2.42. The van der Waals surface area contributed by atoms with Gasteiger partial charge in [0.15, 0.2) is 5.82 Å². The van der Waals surface area contributed by atoms with Crippen LogP contribution in [0.15, 0.2) is 21.3 Å². The van der Waals surface area contributed by atoms with Crippen LogP contribution in [0.3, 0.4) is 0 Å². The molecule has 6 nitrogen and oxygen atoms in total. The summed E-state index contributed by atoms with van der Waals surface area (Å²) in [4.78, 5) is 19.1. The molecule has 0 bridgehead atoms. The fraction of sp³-hybridized carbons (Fsp3) is 0.562. The molecule has 1 fully saturated rings. The lowest BCUT2D eigenvalue weighted by atomic mass is 9.76. The third kappa shape index (κ3) is 3.30. The second-order valence-electron chi connectivity index (χ2n) is 6.00. The average Bonchev–Trinajstić information content (AvgIpc) is 3.24. The van der Waals surface area contributed by atoms with Crippen LogP contribution in [0, 0.1) is 6.92 Å². The normalized spacial score (nSPS) is 21.6. The average molecular weight is 335 g/mol. The van der Waals surface area contributed by atoms with Crippen LogP contribution in [0.1, 0.15) is 41.3 Å². The van der Waals surface area contributed by atoms with E-state index >= 15 is 0 Å². The lowest BCUT2D eigenvalue weighted by molar-refractivity contribution is 0.0567. The van der Waals surface area contributed by atoms with E-state index in [4.69, 9.17) is 9.26 Å². The number of amides is 1. The van der Waals surface area contributed by atoms with Crippen LogP contribution in [-0.4, -0.2) is 47.8 Å². The smallest absolute Gasteiger partial charge is 0.254 e. The molecule has 1 saturated heterocycles. The third-order valence-corrected chi connectivity index (χ3v) is 5.10. The molecule has 1 aliphatic heterocycles. The van der Waals surface area contributed by atoms with Crippen molar-refractivity contribution in [1.29, 1.82) is 0 Å². The second-order valence-corrected chi connectivity index (χ2v) is 6.78. The zero-order valence-electron chi connectivity index (χ0n) is 13.4. The fourth-order valence-electron chi connectivity index (χ4n) is 3.18. The molecule has 0 aromatic carbocycles. The van der Waals surface area contributed by atoms with Gasteiger partial charge in [-0.1, -0.05) is 5.16 Å². The molecule has 2 aromatic heterocycles. The zero-order chi connectivity index (χ0) is 16.3. The quantitative estimate of drug-likeness (QED) is 0.840. The van der Waals surface area contributed by atoms with Crippen molar-refractivity contribution in [3.05, 3.63) is 34.1 Å². The summed E-state index contributed by atoms with van der Waals surface area (Å²) < 4.78 is 10.5. The van der Waals surface area contributed by atoms with Gasteiger partial charge in [-0.15, -0.1) is 0 Å². The number of ether oxygens (including phenoxy) is 1. The number of nitrogens with zero attached hydrogens (tertiary/aromatic N) is 3. The number of piperidine rings is 1.